The predicted octanol–water partition coefficient (Wildman–Crippen LogP) is 5.87. The largest absolute Gasteiger partial charge is 0.227 e. The van der Waals surface area contributed by atoms with Crippen molar-refractivity contribution in [1.29, 1.82) is 0 Å². The Balaban J connectivity index is 2.08. The van der Waals surface area contributed by atoms with Gasteiger partial charge in [0.25, 0.3) is 0 Å². The number of nitrogens with zero attached hydrogens (tertiary/aromatic N) is 2. The molecule has 0 bridgehead atoms. The van der Waals surface area contributed by atoms with Crippen molar-refractivity contribution in [3.63, 3.8) is 0 Å². The first-order valence-electron chi connectivity index (χ1n) is 7.50. The summed E-state index contributed by atoms with van der Waals surface area (Å²) >= 11 is 3.24. The van der Waals surface area contributed by atoms with E-state index in [-0.39, 0.29) is 5.82 Å². The Bertz CT molecular complexity index is 1020. The van der Waals surface area contributed by atoms with Crippen LogP contribution in [0.25, 0.3) is 33.5 Å². The molecule has 0 saturated heterocycles. The summed E-state index contributed by atoms with van der Waals surface area (Å²) in [5.41, 5.74) is 2.84. The van der Waals surface area contributed by atoms with Crippen LogP contribution in [0.5, 0.6) is 0 Å². The molecule has 0 aliphatic carbocycles. The van der Waals surface area contributed by atoms with Crippen LogP contribution in [-0.4, -0.2) is 9.97 Å². The molecule has 4 rings (SSSR count). The fourth-order valence-electron chi connectivity index (χ4n) is 2.67. The second-order valence-corrected chi connectivity index (χ2v) is 6.24. The zero-order valence-electron chi connectivity index (χ0n) is 12.6. The second-order valence-electron chi connectivity index (χ2n) is 5.39. The van der Waals surface area contributed by atoms with Gasteiger partial charge in [0.1, 0.15) is 5.52 Å². The normalized spacial score (nSPS) is 10.9. The molecular formula is C20H12BrFN2. The van der Waals surface area contributed by atoms with Crippen molar-refractivity contribution in [3.8, 4) is 22.6 Å². The summed E-state index contributed by atoms with van der Waals surface area (Å²) in [6.07, 6.45) is 0. The van der Waals surface area contributed by atoms with Crippen molar-refractivity contribution >= 4 is 26.8 Å². The SMILES string of the molecule is Fc1c(Br)ccc2c(-c3ccccc3)nc(-c3ccccc3)nc12. The van der Waals surface area contributed by atoms with E-state index < -0.39 is 0 Å². The summed E-state index contributed by atoms with van der Waals surface area (Å²) in [4.78, 5) is 9.19. The molecule has 24 heavy (non-hydrogen) atoms. The molecule has 0 aliphatic heterocycles. The minimum Gasteiger partial charge on any atom is -0.227 e. The zero-order chi connectivity index (χ0) is 16.5. The van der Waals surface area contributed by atoms with E-state index in [1.54, 1.807) is 6.07 Å². The Morgan fingerprint density at radius 2 is 1.33 bits per heavy atom. The summed E-state index contributed by atoms with van der Waals surface area (Å²) in [5, 5.41) is 0.696. The Morgan fingerprint density at radius 1 is 0.708 bits per heavy atom. The van der Waals surface area contributed by atoms with E-state index >= 15 is 0 Å². The van der Waals surface area contributed by atoms with Crippen molar-refractivity contribution in [2.45, 2.75) is 0 Å². The van der Waals surface area contributed by atoms with Crippen molar-refractivity contribution in [2.24, 2.45) is 0 Å². The number of halogens is 2. The maximum Gasteiger partial charge on any atom is 0.163 e. The summed E-state index contributed by atoms with van der Waals surface area (Å²) in [5.74, 6) is 0.142. The Morgan fingerprint density at radius 3 is 2.00 bits per heavy atom. The molecule has 116 valence electrons. The number of aromatic nitrogens is 2. The third-order valence-electron chi connectivity index (χ3n) is 3.84. The molecule has 0 N–H and O–H groups in total. The van der Waals surface area contributed by atoms with Gasteiger partial charge in [0, 0.05) is 16.5 Å². The van der Waals surface area contributed by atoms with Crippen LogP contribution in [0.4, 0.5) is 4.39 Å². The molecule has 2 nitrogen and oxygen atoms in total. The van der Waals surface area contributed by atoms with Crippen LogP contribution in [0.2, 0.25) is 0 Å². The topological polar surface area (TPSA) is 25.8 Å². The summed E-state index contributed by atoms with van der Waals surface area (Å²) in [6.45, 7) is 0. The first-order chi connectivity index (χ1) is 11.7. The highest BCUT2D eigenvalue weighted by atomic mass is 79.9. The number of fused-ring (bicyclic) bond motifs is 1. The molecule has 0 fully saturated rings. The fraction of sp³-hybridized carbons (Fsp3) is 0. The first-order valence-corrected chi connectivity index (χ1v) is 8.30. The van der Waals surface area contributed by atoms with Crippen molar-refractivity contribution in [2.75, 3.05) is 0 Å². The third-order valence-corrected chi connectivity index (χ3v) is 4.45. The summed E-state index contributed by atoms with van der Waals surface area (Å²) < 4.78 is 15.0. The summed E-state index contributed by atoms with van der Waals surface area (Å²) in [7, 11) is 0. The van der Waals surface area contributed by atoms with Gasteiger partial charge < -0.3 is 0 Å². The van der Waals surface area contributed by atoms with Gasteiger partial charge in [-0.15, -0.1) is 0 Å². The smallest absolute Gasteiger partial charge is 0.163 e. The van der Waals surface area contributed by atoms with Crippen LogP contribution < -0.4 is 0 Å². The van der Waals surface area contributed by atoms with Gasteiger partial charge in [-0.05, 0) is 28.1 Å². The van der Waals surface area contributed by atoms with Crippen LogP contribution in [0.3, 0.4) is 0 Å². The van der Waals surface area contributed by atoms with Crippen LogP contribution in [0, 0.1) is 5.82 Å². The molecule has 0 unspecified atom stereocenters. The standard InChI is InChI=1S/C20H12BrFN2/c21-16-12-11-15-18(13-7-3-1-4-8-13)23-20(24-19(15)17(16)22)14-9-5-2-6-10-14/h1-12H. The number of hydrogen-bond donors (Lipinski definition) is 0. The molecule has 0 amide bonds. The lowest BCUT2D eigenvalue weighted by atomic mass is 10.1. The van der Waals surface area contributed by atoms with Gasteiger partial charge >= 0.3 is 0 Å². The lowest BCUT2D eigenvalue weighted by Gasteiger charge is -2.10. The predicted molar refractivity (Wildman–Crippen MR) is 98.1 cm³/mol. The van der Waals surface area contributed by atoms with Gasteiger partial charge in [-0.2, -0.15) is 0 Å². The van der Waals surface area contributed by atoms with Crippen molar-refractivity contribution < 1.29 is 4.39 Å². The highest BCUT2D eigenvalue weighted by Crippen LogP contribution is 2.32. The highest BCUT2D eigenvalue weighted by molar-refractivity contribution is 9.10. The molecule has 0 atom stereocenters. The quantitative estimate of drug-likeness (QED) is 0.436. The molecule has 0 radical (unpaired) electrons. The van der Waals surface area contributed by atoms with Gasteiger partial charge in [-0.1, -0.05) is 60.7 Å². The molecular weight excluding hydrogens is 367 g/mol. The minimum atomic E-state index is -0.371. The van der Waals surface area contributed by atoms with Crippen LogP contribution in [-0.2, 0) is 0 Å². The van der Waals surface area contributed by atoms with Crippen LogP contribution >= 0.6 is 15.9 Å². The number of rotatable bonds is 2. The molecule has 0 saturated carbocycles. The average Bonchev–Trinajstić information content (AvgIpc) is 2.65. The fourth-order valence-corrected chi connectivity index (χ4v) is 2.99. The number of benzene rings is 3. The third kappa shape index (κ3) is 2.59. The van der Waals surface area contributed by atoms with Crippen LogP contribution in [0.1, 0.15) is 0 Å². The average molecular weight is 379 g/mol. The molecule has 4 aromatic rings. The molecule has 1 aromatic heterocycles. The Hall–Kier alpha value is -2.59. The Kier molecular flexibility index (Phi) is 3.82. The van der Waals surface area contributed by atoms with E-state index in [0.29, 0.717) is 21.2 Å². The lowest BCUT2D eigenvalue weighted by molar-refractivity contribution is 0.630. The van der Waals surface area contributed by atoms with E-state index in [1.807, 2.05) is 66.7 Å². The molecule has 0 spiro atoms. The van der Waals surface area contributed by atoms with Gasteiger partial charge in [-0.3, -0.25) is 0 Å². The van der Waals surface area contributed by atoms with Crippen molar-refractivity contribution in [1.82, 2.24) is 9.97 Å². The van der Waals surface area contributed by atoms with Gasteiger partial charge in [0.2, 0.25) is 0 Å². The maximum atomic E-state index is 14.7. The van der Waals surface area contributed by atoms with E-state index in [4.69, 9.17) is 4.98 Å². The first kappa shape index (κ1) is 15.0. The van der Waals surface area contributed by atoms with Gasteiger partial charge in [0.05, 0.1) is 10.2 Å². The Labute approximate surface area is 147 Å². The van der Waals surface area contributed by atoms with E-state index in [2.05, 4.69) is 20.9 Å². The van der Waals surface area contributed by atoms with E-state index in [9.17, 15) is 4.39 Å². The van der Waals surface area contributed by atoms with Gasteiger partial charge in [-0.25, -0.2) is 14.4 Å². The summed E-state index contributed by atoms with van der Waals surface area (Å²) in [6, 6.07) is 22.9. The second kappa shape index (κ2) is 6.13. The molecule has 1 heterocycles. The molecule has 4 heteroatoms. The lowest BCUT2D eigenvalue weighted by Crippen LogP contribution is -1.97. The van der Waals surface area contributed by atoms with Gasteiger partial charge in [0.15, 0.2) is 11.6 Å². The minimum absolute atomic E-state index is 0.317. The monoisotopic (exact) mass is 378 g/mol. The van der Waals surface area contributed by atoms with Crippen molar-refractivity contribution in [3.05, 3.63) is 83.1 Å². The number of hydrogen-bond acceptors (Lipinski definition) is 2. The zero-order valence-corrected chi connectivity index (χ0v) is 14.2. The maximum absolute atomic E-state index is 14.7. The highest BCUT2D eigenvalue weighted by Gasteiger charge is 2.15. The molecule has 3 aromatic carbocycles. The van der Waals surface area contributed by atoms with E-state index in [0.717, 1.165) is 16.8 Å². The molecule has 0 aliphatic rings. The van der Waals surface area contributed by atoms with E-state index in [1.165, 1.54) is 0 Å². The van der Waals surface area contributed by atoms with Crippen LogP contribution in [0.15, 0.2) is 77.3 Å².